The van der Waals surface area contributed by atoms with Crippen molar-refractivity contribution in [3.63, 3.8) is 0 Å². The minimum absolute atomic E-state index is 0.205. The summed E-state index contributed by atoms with van der Waals surface area (Å²) in [4.78, 5) is 30.3. The second-order valence-corrected chi connectivity index (χ2v) is 8.21. The van der Waals surface area contributed by atoms with Crippen molar-refractivity contribution < 1.29 is 29.3 Å². The highest BCUT2D eigenvalue weighted by Crippen LogP contribution is 2.65. The van der Waals surface area contributed by atoms with Crippen LogP contribution in [0.2, 0.25) is 0 Å². The van der Waals surface area contributed by atoms with Crippen molar-refractivity contribution in [3.05, 3.63) is 12.7 Å². The van der Waals surface area contributed by atoms with E-state index in [1.807, 2.05) is 0 Å². The lowest BCUT2D eigenvalue weighted by molar-refractivity contribution is -0.0593. The van der Waals surface area contributed by atoms with Crippen LogP contribution in [0, 0.1) is 5.41 Å². The molecule has 2 heterocycles. The van der Waals surface area contributed by atoms with E-state index in [-0.39, 0.29) is 5.82 Å². The van der Waals surface area contributed by atoms with Gasteiger partial charge < -0.3 is 35.0 Å². The third-order valence-corrected chi connectivity index (χ3v) is 5.56. The van der Waals surface area contributed by atoms with E-state index in [4.69, 9.17) is 20.3 Å². The van der Waals surface area contributed by atoms with E-state index >= 15 is 0 Å². The predicted octanol–water partition coefficient (Wildman–Crippen LogP) is -1.01. The Bertz CT molecular complexity index is 864. The Kier molecular flexibility index (Phi) is 3.66. The van der Waals surface area contributed by atoms with Crippen molar-refractivity contribution in [2.45, 2.75) is 37.2 Å². The standard InChI is InChI=1S/C13H18N5O6P/c14-11-6-12(16-3-15-11)18(4-17-6)9-7(19)8(20)10(13(9)1-2-13)24-5-25(21,22)23/h3-4,7-10,19-20H,1-2,5H2,(H2,14,15,16)(H2,21,22,23)/t7-,8+,9+,10-/m1/s1. The van der Waals surface area contributed by atoms with Crippen LogP contribution in [0.4, 0.5) is 5.82 Å². The second-order valence-electron chi connectivity index (χ2n) is 6.62. The van der Waals surface area contributed by atoms with Gasteiger partial charge in [0.2, 0.25) is 0 Å². The first kappa shape index (κ1) is 16.8. The number of hydrogen-bond acceptors (Lipinski definition) is 8. The van der Waals surface area contributed by atoms with E-state index in [0.29, 0.717) is 24.0 Å². The third-order valence-electron chi connectivity index (χ3n) is 5.08. The molecule has 25 heavy (non-hydrogen) atoms. The molecule has 136 valence electrons. The van der Waals surface area contributed by atoms with Gasteiger partial charge in [0.05, 0.1) is 18.5 Å². The Morgan fingerprint density at radius 2 is 2.00 bits per heavy atom. The normalized spacial score (nSPS) is 31.0. The van der Waals surface area contributed by atoms with Crippen molar-refractivity contribution in [1.82, 2.24) is 19.5 Å². The van der Waals surface area contributed by atoms with E-state index in [9.17, 15) is 14.8 Å². The summed E-state index contributed by atoms with van der Waals surface area (Å²) in [6.07, 6.45) is -0.146. The summed E-state index contributed by atoms with van der Waals surface area (Å²) >= 11 is 0. The molecule has 2 fully saturated rings. The highest BCUT2D eigenvalue weighted by Gasteiger charge is 2.68. The Morgan fingerprint density at radius 3 is 2.64 bits per heavy atom. The van der Waals surface area contributed by atoms with E-state index < -0.39 is 43.7 Å². The van der Waals surface area contributed by atoms with Gasteiger partial charge in [-0.25, -0.2) is 15.0 Å². The first-order valence-electron chi connectivity index (χ1n) is 7.70. The summed E-state index contributed by atoms with van der Waals surface area (Å²) in [5.41, 5.74) is 5.96. The lowest BCUT2D eigenvalue weighted by atomic mass is 9.97. The number of nitrogens with zero attached hydrogens (tertiary/aromatic N) is 4. The summed E-state index contributed by atoms with van der Waals surface area (Å²) in [6.45, 7) is 0. The summed E-state index contributed by atoms with van der Waals surface area (Å²) in [5.74, 6) is 0.205. The monoisotopic (exact) mass is 371 g/mol. The molecular formula is C13H18N5O6P. The Balaban J connectivity index is 1.72. The lowest BCUT2D eigenvalue weighted by Gasteiger charge is -2.26. The first-order valence-corrected chi connectivity index (χ1v) is 9.50. The van der Waals surface area contributed by atoms with Gasteiger partial charge in [-0.15, -0.1) is 0 Å². The van der Waals surface area contributed by atoms with E-state index in [1.54, 1.807) is 4.57 Å². The van der Waals surface area contributed by atoms with Crippen LogP contribution in [-0.2, 0) is 9.30 Å². The summed E-state index contributed by atoms with van der Waals surface area (Å²) in [5, 5.41) is 21.0. The number of nitrogens with two attached hydrogens (primary N) is 1. The molecule has 0 radical (unpaired) electrons. The maximum atomic E-state index is 11.1. The molecule has 2 saturated carbocycles. The lowest BCUT2D eigenvalue weighted by Crippen LogP contribution is -2.34. The van der Waals surface area contributed by atoms with Crippen LogP contribution in [0.25, 0.3) is 11.2 Å². The molecule has 6 N–H and O–H groups in total. The molecule has 4 atom stereocenters. The number of hydrogen-bond donors (Lipinski definition) is 5. The molecule has 1 spiro atoms. The molecule has 4 rings (SSSR count). The summed E-state index contributed by atoms with van der Waals surface area (Å²) in [6, 6.07) is -0.594. The molecule has 11 nitrogen and oxygen atoms in total. The van der Waals surface area contributed by atoms with Crippen LogP contribution in [0.5, 0.6) is 0 Å². The number of anilines is 1. The molecule has 0 unspecified atom stereocenters. The van der Waals surface area contributed by atoms with E-state index in [0.717, 1.165) is 0 Å². The Hall–Kier alpha value is -1.62. The molecular weight excluding hydrogens is 353 g/mol. The van der Waals surface area contributed by atoms with Crippen molar-refractivity contribution in [1.29, 1.82) is 0 Å². The van der Waals surface area contributed by atoms with Gasteiger partial charge in [0.15, 0.2) is 11.5 Å². The zero-order valence-corrected chi connectivity index (χ0v) is 13.9. The van der Waals surface area contributed by atoms with Gasteiger partial charge >= 0.3 is 7.60 Å². The molecule has 2 aliphatic rings. The molecule has 2 aliphatic carbocycles. The Labute approximate surface area is 141 Å². The third kappa shape index (κ3) is 2.55. The van der Waals surface area contributed by atoms with Crippen LogP contribution in [0.1, 0.15) is 18.9 Å². The highest BCUT2D eigenvalue weighted by atomic mass is 31.2. The number of aromatic nitrogens is 4. The number of rotatable bonds is 4. The minimum atomic E-state index is -4.39. The molecule has 0 aromatic carbocycles. The minimum Gasteiger partial charge on any atom is -0.388 e. The van der Waals surface area contributed by atoms with Crippen LogP contribution in [0.15, 0.2) is 12.7 Å². The van der Waals surface area contributed by atoms with Gasteiger partial charge in [0.1, 0.15) is 30.4 Å². The van der Waals surface area contributed by atoms with Gasteiger partial charge in [0, 0.05) is 5.41 Å². The number of nitrogen functional groups attached to an aromatic ring is 1. The fourth-order valence-corrected chi connectivity index (χ4v) is 4.25. The second kappa shape index (κ2) is 5.44. The number of ether oxygens (including phenoxy) is 1. The fourth-order valence-electron chi connectivity index (χ4n) is 3.90. The van der Waals surface area contributed by atoms with Crippen LogP contribution >= 0.6 is 7.60 Å². The zero-order valence-electron chi connectivity index (χ0n) is 13.0. The summed E-state index contributed by atoms with van der Waals surface area (Å²) < 4.78 is 18.1. The maximum Gasteiger partial charge on any atom is 0.350 e. The Morgan fingerprint density at radius 1 is 1.28 bits per heavy atom. The van der Waals surface area contributed by atoms with Gasteiger partial charge in [-0.05, 0) is 12.8 Å². The quantitative estimate of drug-likeness (QED) is 0.418. The number of aliphatic hydroxyl groups is 2. The molecule has 2 aromatic rings. The maximum absolute atomic E-state index is 11.1. The van der Waals surface area contributed by atoms with E-state index in [2.05, 4.69) is 15.0 Å². The molecule has 2 aromatic heterocycles. The van der Waals surface area contributed by atoms with Crippen LogP contribution in [-0.4, -0.2) is 64.2 Å². The van der Waals surface area contributed by atoms with Gasteiger partial charge in [-0.2, -0.15) is 0 Å². The molecule has 0 amide bonds. The molecule has 0 saturated heterocycles. The average Bonchev–Trinajstić information content (AvgIpc) is 3.14. The SMILES string of the molecule is Nc1ncnc2c1ncn2[C@H]1[C@H](O)[C@H](O)[C@@H](OCP(=O)(O)O)C12CC2. The van der Waals surface area contributed by atoms with Crippen molar-refractivity contribution >= 4 is 24.6 Å². The predicted molar refractivity (Wildman–Crippen MR) is 84.2 cm³/mol. The van der Waals surface area contributed by atoms with Crippen LogP contribution in [0.3, 0.4) is 0 Å². The molecule has 0 bridgehead atoms. The van der Waals surface area contributed by atoms with Crippen molar-refractivity contribution in [2.24, 2.45) is 5.41 Å². The first-order chi connectivity index (χ1) is 11.7. The van der Waals surface area contributed by atoms with Crippen LogP contribution < -0.4 is 5.73 Å². The fraction of sp³-hybridized carbons (Fsp3) is 0.615. The molecule has 12 heteroatoms. The van der Waals surface area contributed by atoms with Gasteiger partial charge in [0.25, 0.3) is 0 Å². The number of fused-ring (bicyclic) bond motifs is 1. The number of aliphatic hydroxyl groups excluding tert-OH is 2. The zero-order chi connectivity index (χ0) is 18.0. The van der Waals surface area contributed by atoms with E-state index in [1.165, 1.54) is 12.7 Å². The average molecular weight is 371 g/mol. The largest absolute Gasteiger partial charge is 0.388 e. The van der Waals surface area contributed by atoms with Crippen molar-refractivity contribution in [2.75, 3.05) is 12.1 Å². The number of imidazole rings is 1. The highest BCUT2D eigenvalue weighted by molar-refractivity contribution is 7.51. The summed E-state index contributed by atoms with van der Waals surface area (Å²) in [7, 11) is -4.39. The van der Waals surface area contributed by atoms with Gasteiger partial charge in [-0.3, -0.25) is 4.57 Å². The molecule has 0 aliphatic heterocycles. The smallest absolute Gasteiger partial charge is 0.350 e. The van der Waals surface area contributed by atoms with Gasteiger partial charge in [-0.1, -0.05) is 0 Å². The van der Waals surface area contributed by atoms with Crippen molar-refractivity contribution in [3.8, 4) is 0 Å². The topological polar surface area (TPSA) is 177 Å².